The Labute approximate surface area is 152 Å². The van der Waals surface area contributed by atoms with Crippen LogP contribution in [0.15, 0.2) is 47.4 Å². The molecule has 6 heteroatoms. The lowest BCUT2D eigenvalue weighted by Gasteiger charge is -2.24. The van der Waals surface area contributed by atoms with Crippen LogP contribution >= 0.6 is 0 Å². The SMILES string of the molecule is Cc1cc(F)ccc1S(=O)(=O)NC1CCc2c(c3ccccc3n2C)C1. The quantitative estimate of drug-likeness (QED) is 0.765. The number of benzene rings is 2. The molecule has 4 nitrogen and oxygen atoms in total. The van der Waals surface area contributed by atoms with E-state index in [1.165, 1.54) is 40.4 Å². The summed E-state index contributed by atoms with van der Waals surface area (Å²) in [5, 5.41) is 1.19. The van der Waals surface area contributed by atoms with Crippen LogP contribution in [0.3, 0.4) is 0 Å². The van der Waals surface area contributed by atoms with E-state index < -0.39 is 15.8 Å². The first-order valence-electron chi connectivity index (χ1n) is 8.70. The number of hydrogen-bond donors (Lipinski definition) is 1. The van der Waals surface area contributed by atoms with Crippen LogP contribution in [0.25, 0.3) is 10.9 Å². The van der Waals surface area contributed by atoms with Gasteiger partial charge in [-0.15, -0.1) is 0 Å². The van der Waals surface area contributed by atoms with E-state index in [-0.39, 0.29) is 10.9 Å². The van der Waals surface area contributed by atoms with Gasteiger partial charge >= 0.3 is 0 Å². The van der Waals surface area contributed by atoms with Crippen LogP contribution in [0.5, 0.6) is 0 Å². The van der Waals surface area contributed by atoms with Crippen LogP contribution in [-0.2, 0) is 29.9 Å². The third-order valence-corrected chi connectivity index (χ3v) is 6.95. The third-order valence-electron chi connectivity index (χ3n) is 5.27. The molecule has 136 valence electrons. The number of halogens is 1. The summed E-state index contributed by atoms with van der Waals surface area (Å²) >= 11 is 0. The van der Waals surface area contributed by atoms with E-state index in [0.717, 1.165) is 12.8 Å². The summed E-state index contributed by atoms with van der Waals surface area (Å²) in [4.78, 5) is 0.141. The number of sulfonamides is 1. The first-order chi connectivity index (χ1) is 12.4. The fraction of sp³-hybridized carbons (Fsp3) is 0.300. The number of hydrogen-bond acceptors (Lipinski definition) is 2. The predicted molar refractivity (Wildman–Crippen MR) is 100 cm³/mol. The molecule has 1 N–H and O–H groups in total. The fourth-order valence-electron chi connectivity index (χ4n) is 4.03. The highest BCUT2D eigenvalue weighted by Crippen LogP contribution is 2.32. The summed E-state index contributed by atoms with van der Waals surface area (Å²) < 4.78 is 43.9. The second-order valence-corrected chi connectivity index (χ2v) is 8.65. The van der Waals surface area contributed by atoms with Crippen molar-refractivity contribution in [1.82, 2.24) is 9.29 Å². The van der Waals surface area contributed by atoms with Crippen LogP contribution in [0.2, 0.25) is 0 Å². The van der Waals surface area contributed by atoms with E-state index in [1.807, 2.05) is 12.1 Å². The minimum Gasteiger partial charge on any atom is -0.347 e. The maximum absolute atomic E-state index is 13.3. The molecule has 0 spiro atoms. The Morgan fingerprint density at radius 1 is 1.19 bits per heavy atom. The highest BCUT2D eigenvalue weighted by Gasteiger charge is 2.28. The van der Waals surface area contributed by atoms with Gasteiger partial charge in [0.25, 0.3) is 0 Å². The smallest absolute Gasteiger partial charge is 0.241 e. The largest absolute Gasteiger partial charge is 0.347 e. The molecule has 1 aliphatic carbocycles. The highest BCUT2D eigenvalue weighted by molar-refractivity contribution is 7.89. The Kier molecular flexibility index (Phi) is 4.12. The Morgan fingerprint density at radius 3 is 2.73 bits per heavy atom. The molecule has 0 saturated heterocycles. The van der Waals surface area contributed by atoms with Crippen molar-refractivity contribution in [1.29, 1.82) is 0 Å². The summed E-state index contributed by atoms with van der Waals surface area (Å²) in [6, 6.07) is 11.8. The molecule has 1 atom stereocenters. The molecule has 0 aliphatic heterocycles. The zero-order chi connectivity index (χ0) is 18.5. The Bertz CT molecular complexity index is 1100. The maximum atomic E-state index is 13.3. The molecule has 1 aromatic heterocycles. The van der Waals surface area contributed by atoms with Gasteiger partial charge in [0.05, 0.1) is 4.90 Å². The van der Waals surface area contributed by atoms with Crippen molar-refractivity contribution in [3.8, 4) is 0 Å². The number of nitrogens with zero attached hydrogens (tertiary/aromatic N) is 1. The third kappa shape index (κ3) is 2.83. The molecule has 0 fully saturated rings. The predicted octanol–water partition coefficient (Wildman–Crippen LogP) is 3.46. The average Bonchev–Trinajstić information content (AvgIpc) is 2.87. The molecule has 1 aliphatic rings. The molecule has 2 aromatic carbocycles. The molecule has 1 unspecified atom stereocenters. The monoisotopic (exact) mass is 372 g/mol. The second kappa shape index (κ2) is 6.21. The van der Waals surface area contributed by atoms with Gasteiger partial charge in [0, 0.05) is 29.7 Å². The molecule has 3 aromatic rings. The lowest BCUT2D eigenvalue weighted by molar-refractivity contribution is 0.501. The molecule has 0 saturated carbocycles. The number of aryl methyl sites for hydroxylation is 2. The van der Waals surface area contributed by atoms with Crippen LogP contribution in [0.1, 0.15) is 23.2 Å². The van der Waals surface area contributed by atoms with Crippen LogP contribution in [-0.4, -0.2) is 19.0 Å². The average molecular weight is 372 g/mol. The molecule has 4 rings (SSSR count). The van der Waals surface area contributed by atoms with Crippen molar-refractivity contribution in [3.63, 3.8) is 0 Å². The van der Waals surface area contributed by atoms with Crippen molar-refractivity contribution in [2.45, 2.75) is 37.1 Å². The maximum Gasteiger partial charge on any atom is 0.241 e. The molecule has 0 bridgehead atoms. The van der Waals surface area contributed by atoms with Crippen molar-refractivity contribution in [2.75, 3.05) is 0 Å². The van der Waals surface area contributed by atoms with Crippen molar-refractivity contribution >= 4 is 20.9 Å². The number of aromatic nitrogens is 1. The Morgan fingerprint density at radius 2 is 1.96 bits per heavy atom. The van der Waals surface area contributed by atoms with E-state index in [0.29, 0.717) is 12.0 Å². The summed E-state index contributed by atoms with van der Waals surface area (Å²) in [7, 11) is -1.62. The number of para-hydroxylation sites is 1. The van der Waals surface area contributed by atoms with Crippen LogP contribution < -0.4 is 4.72 Å². The van der Waals surface area contributed by atoms with Crippen LogP contribution in [0.4, 0.5) is 4.39 Å². The van der Waals surface area contributed by atoms with Gasteiger partial charge in [-0.2, -0.15) is 0 Å². The van der Waals surface area contributed by atoms with Gasteiger partial charge in [-0.1, -0.05) is 18.2 Å². The van der Waals surface area contributed by atoms with E-state index in [9.17, 15) is 12.8 Å². The Balaban J connectivity index is 1.64. The number of fused-ring (bicyclic) bond motifs is 3. The van der Waals surface area contributed by atoms with Gasteiger partial charge in [-0.05, 0) is 61.6 Å². The van der Waals surface area contributed by atoms with E-state index >= 15 is 0 Å². The van der Waals surface area contributed by atoms with E-state index in [4.69, 9.17) is 0 Å². The van der Waals surface area contributed by atoms with Gasteiger partial charge in [-0.3, -0.25) is 0 Å². The second-order valence-electron chi connectivity index (χ2n) is 6.97. The minimum absolute atomic E-state index is 0.141. The van der Waals surface area contributed by atoms with Crippen molar-refractivity contribution < 1.29 is 12.8 Å². The topological polar surface area (TPSA) is 51.1 Å². The van der Waals surface area contributed by atoms with Gasteiger partial charge < -0.3 is 4.57 Å². The van der Waals surface area contributed by atoms with Gasteiger partial charge in [-0.25, -0.2) is 17.5 Å². The van der Waals surface area contributed by atoms with Gasteiger partial charge in [0.15, 0.2) is 0 Å². The summed E-state index contributed by atoms with van der Waals surface area (Å²) in [6.07, 6.45) is 2.24. The lowest BCUT2D eigenvalue weighted by atomic mass is 9.92. The molecular formula is C20H21FN2O2S. The normalized spacial score (nSPS) is 17.4. The van der Waals surface area contributed by atoms with Gasteiger partial charge in [0.2, 0.25) is 10.0 Å². The summed E-state index contributed by atoms with van der Waals surface area (Å²) in [6.45, 7) is 1.61. The molecule has 0 radical (unpaired) electrons. The molecule has 26 heavy (non-hydrogen) atoms. The fourth-order valence-corrected chi connectivity index (χ4v) is 5.53. The highest BCUT2D eigenvalue weighted by atomic mass is 32.2. The van der Waals surface area contributed by atoms with Crippen molar-refractivity contribution in [2.24, 2.45) is 7.05 Å². The lowest BCUT2D eigenvalue weighted by Crippen LogP contribution is -2.39. The number of nitrogens with one attached hydrogen (secondary N) is 1. The zero-order valence-electron chi connectivity index (χ0n) is 14.8. The van der Waals surface area contributed by atoms with Crippen LogP contribution in [0, 0.1) is 12.7 Å². The van der Waals surface area contributed by atoms with Gasteiger partial charge in [0.1, 0.15) is 5.82 Å². The minimum atomic E-state index is -3.68. The number of rotatable bonds is 3. The standard InChI is InChI=1S/C20H21FN2O2S/c1-13-11-14(21)7-10-20(13)26(24,25)22-15-8-9-19-17(12-15)16-5-3-4-6-18(16)23(19)2/h3-7,10-11,15,22H,8-9,12H2,1-2H3. The van der Waals surface area contributed by atoms with Crippen molar-refractivity contribution in [3.05, 3.63) is 65.1 Å². The summed E-state index contributed by atoms with van der Waals surface area (Å²) in [5.41, 5.74) is 4.09. The van der Waals surface area contributed by atoms with E-state index in [1.54, 1.807) is 6.92 Å². The molecular weight excluding hydrogens is 351 g/mol. The zero-order valence-corrected chi connectivity index (χ0v) is 15.6. The molecule has 1 heterocycles. The first-order valence-corrected chi connectivity index (χ1v) is 10.2. The van der Waals surface area contributed by atoms with E-state index in [2.05, 4.69) is 28.5 Å². The first kappa shape index (κ1) is 17.2. The summed E-state index contributed by atoms with van der Waals surface area (Å²) in [5.74, 6) is -0.431. The molecule has 0 amide bonds. The Hall–Kier alpha value is -2.18.